The topological polar surface area (TPSA) is 37.3 Å². The van der Waals surface area contributed by atoms with Gasteiger partial charge in [-0.1, -0.05) is 24.8 Å². The number of rotatable bonds is 0. The molecule has 2 nitrogen and oxygen atoms in total. The Hall–Kier alpha value is -0.906. The van der Waals surface area contributed by atoms with Crippen molar-refractivity contribution >= 4 is 5.97 Å². The van der Waals surface area contributed by atoms with Crippen LogP contribution in [0.25, 0.3) is 0 Å². The van der Waals surface area contributed by atoms with E-state index < -0.39 is 5.97 Å². The van der Waals surface area contributed by atoms with E-state index in [1.807, 2.05) is 0 Å². The van der Waals surface area contributed by atoms with Gasteiger partial charge in [0.15, 0.2) is 0 Å². The maximum Gasteiger partial charge on any atom is 3.00 e. The van der Waals surface area contributed by atoms with Crippen molar-refractivity contribution in [3.8, 4) is 12.3 Å². The first-order valence-corrected chi connectivity index (χ1v) is 6.68. The van der Waals surface area contributed by atoms with Crippen LogP contribution in [0.15, 0.2) is 22.3 Å². The van der Waals surface area contributed by atoms with Crippen LogP contribution in [0.3, 0.4) is 0 Å². The van der Waals surface area contributed by atoms with Gasteiger partial charge in [-0.15, -0.1) is 18.4 Å². The molecule has 0 saturated carbocycles. The molecule has 21 heavy (non-hydrogen) atoms. The van der Waals surface area contributed by atoms with Gasteiger partial charge in [-0.3, -0.25) is 0 Å². The van der Waals surface area contributed by atoms with E-state index in [2.05, 4.69) is 12.8 Å². The van der Waals surface area contributed by atoms with E-state index in [-0.39, 0.29) is 36.6 Å². The zero-order valence-electron chi connectivity index (χ0n) is 13.2. The average Bonchev–Trinajstić information content (AvgIpc) is 2.78. The number of hydrogen-bond donors (Lipinski definition) is 1. The van der Waals surface area contributed by atoms with Crippen molar-refractivity contribution in [2.75, 3.05) is 0 Å². The van der Waals surface area contributed by atoms with Crippen molar-refractivity contribution in [3.05, 3.63) is 43.6 Å². The van der Waals surface area contributed by atoms with E-state index in [0.29, 0.717) is 0 Å². The van der Waals surface area contributed by atoms with Gasteiger partial charge in [0.1, 0.15) is 0 Å². The molecule has 1 radical (unpaired) electrons. The Labute approximate surface area is 145 Å². The fourth-order valence-electron chi connectivity index (χ4n) is 3.12. The van der Waals surface area contributed by atoms with Crippen molar-refractivity contribution in [2.45, 2.75) is 51.4 Å². The Balaban J connectivity index is 0. The molecule has 0 spiro atoms. The third-order valence-electron chi connectivity index (χ3n) is 3.88. The fourth-order valence-corrected chi connectivity index (χ4v) is 3.12. The summed E-state index contributed by atoms with van der Waals surface area (Å²) in [4.78, 5) is 9.13. The fraction of sp³-hybridized carbons (Fsp3) is 0.444. The predicted octanol–water partition coefficient (Wildman–Crippen LogP) is 4.55. The van der Waals surface area contributed by atoms with Crippen molar-refractivity contribution in [2.24, 2.45) is 0 Å². The second-order valence-corrected chi connectivity index (χ2v) is 5.02. The smallest absolute Gasteiger partial charge is 0.472 e. The molecule has 0 aromatic heterocycles. The maximum absolute atomic E-state index is 9.13. The molecular weight excluding hydrogens is 296 g/mol. The van der Waals surface area contributed by atoms with Gasteiger partial charge in [-0.05, 0) is 25.7 Å². The molecule has 0 saturated heterocycles. The molecule has 0 aromatic rings. The predicted molar refractivity (Wildman–Crippen MR) is 84.6 cm³/mol. The van der Waals surface area contributed by atoms with Gasteiger partial charge in [0.25, 0.3) is 0 Å². The van der Waals surface area contributed by atoms with Crippen LogP contribution in [0.5, 0.6) is 0 Å². The van der Waals surface area contributed by atoms with Gasteiger partial charge in [-0.25, -0.2) is 16.8 Å². The summed E-state index contributed by atoms with van der Waals surface area (Å²) in [7, 11) is 0. The number of terminal acetylenes is 1. The normalized spacial score (nSPS) is 18.0. The van der Waals surface area contributed by atoms with Crippen molar-refractivity contribution in [1.82, 2.24) is 0 Å². The Morgan fingerprint density at radius 1 is 1.10 bits per heavy atom. The molecule has 0 heterocycles. The standard InChI is InChI=1S/C13H17.C3H2O2.2CH3.Ti/c1-3-7-12-10(5-1)9-11-6-2-4-8-13(11)12;1-2-3(4)5;;;/h5H,1-4,6-9H2;1H,(H,4,5);2*1H3;/q-1;;2*-1;+3. The van der Waals surface area contributed by atoms with Crippen LogP contribution in [0, 0.1) is 33.6 Å². The summed E-state index contributed by atoms with van der Waals surface area (Å²) in [6, 6.07) is 0. The molecule has 3 heteroatoms. The molecular formula is C18H25O2Ti. The molecule has 0 unspecified atom stereocenters. The second-order valence-electron chi connectivity index (χ2n) is 5.02. The Morgan fingerprint density at radius 2 is 1.67 bits per heavy atom. The van der Waals surface area contributed by atoms with E-state index in [1.165, 1.54) is 57.3 Å². The summed E-state index contributed by atoms with van der Waals surface area (Å²) in [6.07, 6.45) is 17.9. The quantitative estimate of drug-likeness (QED) is 0.404. The van der Waals surface area contributed by atoms with E-state index in [0.717, 1.165) is 0 Å². The first-order chi connectivity index (χ1) is 8.72. The number of fused-ring (bicyclic) bond motifs is 1. The molecule has 3 aliphatic carbocycles. The maximum atomic E-state index is 9.13. The van der Waals surface area contributed by atoms with Crippen LogP contribution in [0.1, 0.15) is 51.4 Å². The van der Waals surface area contributed by atoms with Gasteiger partial charge in [0, 0.05) is 5.92 Å². The third kappa shape index (κ3) is 5.77. The molecule has 0 aliphatic heterocycles. The molecule has 0 bridgehead atoms. The number of allylic oxidation sites excluding steroid dienone is 4. The van der Waals surface area contributed by atoms with Crippen molar-refractivity contribution in [3.63, 3.8) is 0 Å². The molecule has 0 fully saturated rings. The minimum absolute atomic E-state index is 0. The van der Waals surface area contributed by atoms with Crippen molar-refractivity contribution in [1.29, 1.82) is 0 Å². The summed E-state index contributed by atoms with van der Waals surface area (Å²) in [5.74, 6) is 0.227. The number of carboxylic acid groups (broad SMARTS) is 1. The monoisotopic (exact) mass is 321 g/mol. The summed E-state index contributed by atoms with van der Waals surface area (Å²) in [5.41, 5.74) is 7.06. The summed E-state index contributed by atoms with van der Waals surface area (Å²) >= 11 is 0. The Kier molecular flexibility index (Phi) is 11.5. The van der Waals surface area contributed by atoms with E-state index in [4.69, 9.17) is 9.90 Å². The summed E-state index contributed by atoms with van der Waals surface area (Å²) in [6.45, 7) is 0. The van der Waals surface area contributed by atoms with Gasteiger partial charge in [0.2, 0.25) is 0 Å². The molecule has 0 aromatic carbocycles. The number of aliphatic carboxylic acids is 1. The first-order valence-electron chi connectivity index (χ1n) is 6.68. The van der Waals surface area contributed by atoms with Crippen molar-refractivity contribution < 1.29 is 31.6 Å². The van der Waals surface area contributed by atoms with E-state index in [9.17, 15) is 0 Å². The van der Waals surface area contributed by atoms with Crippen LogP contribution in [0.4, 0.5) is 0 Å². The largest absolute Gasteiger partial charge is 3.00 e. The van der Waals surface area contributed by atoms with Crippen LogP contribution >= 0.6 is 0 Å². The van der Waals surface area contributed by atoms with Gasteiger partial charge in [0.05, 0.1) is 0 Å². The first kappa shape index (κ1) is 22.4. The molecule has 1 N–H and O–H groups in total. The zero-order chi connectivity index (χ0) is 13.0. The number of carbonyl (C=O) groups is 1. The molecule has 0 atom stereocenters. The molecule has 0 amide bonds. The molecule has 3 rings (SSSR count). The van der Waals surface area contributed by atoms with Crippen LogP contribution in [0.2, 0.25) is 0 Å². The minimum Gasteiger partial charge on any atom is -0.472 e. The van der Waals surface area contributed by atoms with E-state index >= 15 is 0 Å². The second kappa shape index (κ2) is 10.8. The SMILES string of the molecule is C#CC(=O)O.[CH-]1CCCC2=C1CC1=C2CCCC1.[CH3-].[CH3-].[Ti+3]. The molecule has 113 valence electrons. The molecule has 3 aliphatic rings. The van der Waals surface area contributed by atoms with Gasteiger partial charge >= 0.3 is 27.7 Å². The third-order valence-corrected chi connectivity index (χ3v) is 3.88. The van der Waals surface area contributed by atoms with E-state index in [1.54, 1.807) is 22.3 Å². The number of hydrogen-bond acceptors (Lipinski definition) is 1. The van der Waals surface area contributed by atoms with Gasteiger partial charge in [-0.2, -0.15) is 5.57 Å². The van der Waals surface area contributed by atoms with Crippen LogP contribution in [-0.4, -0.2) is 11.1 Å². The van der Waals surface area contributed by atoms with Crippen LogP contribution < -0.4 is 0 Å². The van der Waals surface area contributed by atoms with Crippen LogP contribution in [-0.2, 0) is 26.5 Å². The Bertz CT molecular complexity index is 422. The zero-order valence-corrected chi connectivity index (χ0v) is 14.7. The summed E-state index contributed by atoms with van der Waals surface area (Å²) < 4.78 is 0. The number of carboxylic acids is 1. The summed E-state index contributed by atoms with van der Waals surface area (Å²) in [5, 5.41) is 7.49. The minimum atomic E-state index is -1.22. The average molecular weight is 321 g/mol. The van der Waals surface area contributed by atoms with Gasteiger partial charge < -0.3 is 20.0 Å². The Morgan fingerprint density at radius 3 is 2.29 bits per heavy atom.